The minimum Gasteiger partial charge on any atom is -0.240 e. The van der Waals surface area contributed by atoms with E-state index in [1.165, 1.54) is 0 Å². The van der Waals surface area contributed by atoms with E-state index in [2.05, 4.69) is 23.8 Å². The maximum Gasteiger partial charge on any atom is 0.143 e. The predicted molar refractivity (Wildman–Crippen MR) is 45.7 cm³/mol. The van der Waals surface area contributed by atoms with Gasteiger partial charge in [0.1, 0.15) is 5.82 Å². The van der Waals surface area contributed by atoms with Gasteiger partial charge in [-0.3, -0.25) is 0 Å². The van der Waals surface area contributed by atoms with Gasteiger partial charge >= 0.3 is 0 Å². The maximum absolute atomic E-state index is 5.58. The molecule has 1 aromatic rings. The van der Waals surface area contributed by atoms with Crippen LogP contribution in [0.2, 0.25) is 0 Å². The molecular weight excluding hydrogens is 160 g/mol. The van der Waals surface area contributed by atoms with Crippen LogP contribution in [0.25, 0.3) is 0 Å². The van der Waals surface area contributed by atoms with Crippen LogP contribution < -0.4 is 0 Å². The van der Waals surface area contributed by atoms with Gasteiger partial charge in [0.15, 0.2) is 0 Å². The van der Waals surface area contributed by atoms with E-state index in [-0.39, 0.29) is 0 Å². The van der Waals surface area contributed by atoms with Crippen LogP contribution in [0, 0.1) is 0 Å². The Hall–Kier alpha value is -0.630. The monoisotopic (exact) mass is 170 g/mol. The number of nitrogens with zero attached hydrogens (tertiary/aromatic N) is 2. The van der Waals surface area contributed by atoms with Gasteiger partial charge in [-0.1, -0.05) is 13.8 Å². The van der Waals surface area contributed by atoms with Crippen LogP contribution in [-0.4, -0.2) is 9.97 Å². The zero-order valence-corrected chi connectivity index (χ0v) is 7.47. The molecule has 0 aliphatic heterocycles. The van der Waals surface area contributed by atoms with Gasteiger partial charge in [-0.25, -0.2) is 9.97 Å². The van der Waals surface area contributed by atoms with Crippen molar-refractivity contribution < 1.29 is 0 Å². The van der Waals surface area contributed by atoms with E-state index in [0.29, 0.717) is 17.6 Å². The molecule has 0 aliphatic rings. The predicted octanol–water partition coefficient (Wildman–Crippen LogP) is 2.34. The first-order valence-corrected chi connectivity index (χ1v) is 4.15. The molecule has 2 nitrogen and oxygen atoms in total. The highest BCUT2D eigenvalue weighted by atomic mass is 35.5. The first kappa shape index (κ1) is 8.47. The van der Waals surface area contributed by atoms with Gasteiger partial charge in [0.25, 0.3) is 0 Å². The van der Waals surface area contributed by atoms with Gasteiger partial charge < -0.3 is 0 Å². The van der Waals surface area contributed by atoms with Crippen molar-refractivity contribution in [1.82, 2.24) is 9.97 Å². The van der Waals surface area contributed by atoms with E-state index in [1.54, 1.807) is 6.20 Å². The number of rotatable bonds is 2. The fourth-order valence-corrected chi connectivity index (χ4v) is 0.930. The smallest absolute Gasteiger partial charge is 0.143 e. The first-order valence-electron chi connectivity index (χ1n) is 3.62. The highest BCUT2D eigenvalue weighted by Crippen LogP contribution is 2.10. The van der Waals surface area contributed by atoms with Gasteiger partial charge in [0, 0.05) is 11.9 Å². The summed E-state index contributed by atoms with van der Waals surface area (Å²) in [6.45, 7) is 4.20. The molecule has 0 atom stereocenters. The average molecular weight is 171 g/mol. The molecule has 0 fully saturated rings. The molecule has 11 heavy (non-hydrogen) atoms. The molecule has 0 saturated heterocycles. The molecule has 0 saturated carbocycles. The third-order valence-electron chi connectivity index (χ3n) is 1.44. The van der Waals surface area contributed by atoms with Crippen molar-refractivity contribution in [1.29, 1.82) is 0 Å². The Morgan fingerprint density at radius 3 is 2.82 bits per heavy atom. The highest BCUT2D eigenvalue weighted by molar-refractivity contribution is 6.16. The number of hydrogen-bond acceptors (Lipinski definition) is 2. The number of alkyl halides is 1. The lowest BCUT2D eigenvalue weighted by Crippen LogP contribution is -1.97. The lowest BCUT2D eigenvalue weighted by atomic mass is 10.1. The van der Waals surface area contributed by atoms with Gasteiger partial charge in [-0.2, -0.15) is 0 Å². The minimum atomic E-state index is 0.389. The minimum absolute atomic E-state index is 0.389. The van der Waals surface area contributed by atoms with Crippen LogP contribution in [-0.2, 0) is 5.88 Å². The van der Waals surface area contributed by atoms with Crippen molar-refractivity contribution in [3.63, 3.8) is 0 Å². The maximum atomic E-state index is 5.58. The van der Waals surface area contributed by atoms with E-state index < -0.39 is 0 Å². The average Bonchev–Trinajstić information content (AvgIpc) is 2.05. The van der Waals surface area contributed by atoms with Gasteiger partial charge in [-0.05, 0) is 12.0 Å². The van der Waals surface area contributed by atoms with Crippen molar-refractivity contribution in [2.45, 2.75) is 25.6 Å². The quantitative estimate of drug-likeness (QED) is 0.637. The summed E-state index contributed by atoms with van der Waals surface area (Å²) in [6.07, 6.45) is 1.75. The van der Waals surface area contributed by atoms with Crippen LogP contribution in [0.3, 0.4) is 0 Å². The first-order chi connectivity index (χ1) is 5.24. The largest absolute Gasteiger partial charge is 0.240 e. The van der Waals surface area contributed by atoms with Crippen molar-refractivity contribution in [3.05, 3.63) is 23.8 Å². The molecule has 0 aliphatic carbocycles. The van der Waals surface area contributed by atoms with Crippen LogP contribution in [0.5, 0.6) is 0 Å². The van der Waals surface area contributed by atoms with Crippen molar-refractivity contribution in [2.75, 3.05) is 0 Å². The Labute approximate surface area is 71.6 Å². The second kappa shape index (κ2) is 3.67. The molecule has 1 rings (SSSR count). The molecule has 3 heteroatoms. The SMILES string of the molecule is CC(C)c1ccnc(CCl)n1. The normalized spacial score (nSPS) is 10.5. The second-order valence-corrected chi connectivity index (χ2v) is 2.95. The van der Waals surface area contributed by atoms with E-state index in [1.807, 2.05) is 6.07 Å². The lowest BCUT2D eigenvalue weighted by Gasteiger charge is -2.03. The third kappa shape index (κ3) is 2.15. The van der Waals surface area contributed by atoms with Gasteiger partial charge in [-0.15, -0.1) is 11.6 Å². The van der Waals surface area contributed by atoms with E-state index >= 15 is 0 Å². The molecule has 1 aromatic heterocycles. The van der Waals surface area contributed by atoms with Gasteiger partial charge in [0.05, 0.1) is 5.88 Å². The van der Waals surface area contributed by atoms with Crippen LogP contribution in [0.1, 0.15) is 31.3 Å². The van der Waals surface area contributed by atoms with E-state index in [0.717, 1.165) is 5.69 Å². The summed E-state index contributed by atoms with van der Waals surface area (Å²) < 4.78 is 0. The molecule has 0 aromatic carbocycles. The van der Waals surface area contributed by atoms with E-state index in [4.69, 9.17) is 11.6 Å². The Bertz CT molecular complexity index is 235. The zero-order chi connectivity index (χ0) is 8.27. The topological polar surface area (TPSA) is 25.8 Å². The molecule has 0 radical (unpaired) electrons. The lowest BCUT2D eigenvalue weighted by molar-refractivity contribution is 0.798. The van der Waals surface area contributed by atoms with Gasteiger partial charge in [0.2, 0.25) is 0 Å². The Morgan fingerprint density at radius 2 is 2.27 bits per heavy atom. The van der Waals surface area contributed by atoms with Crippen LogP contribution >= 0.6 is 11.6 Å². The molecular formula is C8H11ClN2. The summed E-state index contributed by atoms with van der Waals surface area (Å²) >= 11 is 5.58. The molecule has 60 valence electrons. The summed E-state index contributed by atoms with van der Waals surface area (Å²) in [5.74, 6) is 1.54. The summed E-state index contributed by atoms with van der Waals surface area (Å²) in [5.41, 5.74) is 1.05. The summed E-state index contributed by atoms with van der Waals surface area (Å²) in [5, 5.41) is 0. The number of halogens is 1. The molecule has 0 spiro atoms. The summed E-state index contributed by atoms with van der Waals surface area (Å²) in [4.78, 5) is 8.24. The van der Waals surface area contributed by atoms with Crippen molar-refractivity contribution in [2.24, 2.45) is 0 Å². The fraction of sp³-hybridized carbons (Fsp3) is 0.500. The number of aromatic nitrogens is 2. The van der Waals surface area contributed by atoms with Crippen molar-refractivity contribution in [3.8, 4) is 0 Å². The molecule has 0 N–H and O–H groups in total. The Morgan fingerprint density at radius 1 is 1.55 bits per heavy atom. The van der Waals surface area contributed by atoms with E-state index in [9.17, 15) is 0 Å². The number of hydrogen-bond donors (Lipinski definition) is 0. The zero-order valence-electron chi connectivity index (χ0n) is 6.71. The summed E-state index contributed by atoms with van der Waals surface area (Å²) in [6, 6.07) is 1.92. The third-order valence-corrected chi connectivity index (χ3v) is 1.68. The standard InChI is InChI=1S/C8H11ClN2/c1-6(2)7-3-4-10-8(5-9)11-7/h3-4,6H,5H2,1-2H3. The van der Waals surface area contributed by atoms with Crippen molar-refractivity contribution >= 4 is 11.6 Å². The second-order valence-electron chi connectivity index (χ2n) is 2.69. The molecule has 0 amide bonds. The van der Waals surface area contributed by atoms with Crippen LogP contribution in [0.15, 0.2) is 12.3 Å². The Balaban J connectivity index is 2.91. The molecule has 0 unspecified atom stereocenters. The summed E-state index contributed by atoms with van der Waals surface area (Å²) in [7, 11) is 0. The fourth-order valence-electron chi connectivity index (χ4n) is 0.801. The Kier molecular flexibility index (Phi) is 2.83. The van der Waals surface area contributed by atoms with Crippen LogP contribution in [0.4, 0.5) is 0 Å². The molecule has 1 heterocycles. The molecule has 0 bridgehead atoms. The highest BCUT2D eigenvalue weighted by Gasteiger charge is 2.01.